The van der Waals surface area contributed by atoms with Gasteiger partial charge >= 0.3 is 0 Å². The first-order valence-corrected chi connectivity index (χ1v) is 9.61. The molecule has 0 radical (unpaired) electrons. The number of rotatable bonds is 6. The van der Waals surface area contributed by atoms with Crippen molar-refractivity contribution in [1.82, 2.24) is 25.0 Å². The van der Waals surface area contributed by atoms with Gasteiger partial charge in [-0.2, -0.15) is 5.10 Å². The van der Waals surface area contributed by atoms with Crippen LogP contribution in [0, 0.1) is 13.8 Å². The molecule has 132 valence electrons. The predicted molar refractivity (Wildman–Crippen MR) is 100 cm³/mol. The fourth-order valence-corrected chi connectivity index (χ4v) is 3.83. The van der Waals surface area contributed by atoms with E-state index < -0.39 is 0 Å². The van der Waals surface area contributed by atoms with Crippen LogP contribution in [0.25, 0.3) is 0 Å². The average Bonchev–Trinajstić information content (AvgIpc) is 3.28. The lowest BCUT2D eigenvalue weighted by Gasteiger charge is -2.10. The quantitative estimate of drug-likeness (QED) is 0.646. The maximum absolute atomic E-state index is 12.5. The van der Waals surface area contributed by atoms with Gasteiger partial charge in [-0.05, 0) is 32.2 Å². The largest absolute Gasteiger partial charge is 0.322 e. The molecule has 7 nitrogen and oxygen atoms in total. The van der Waals surface area contributed by atoms with Gasteiger partial charge in [0.1, 0.15) is 5.82 Å². The lowest BCUT2D eigenvalue weighted by atomic mass is 10.3. The number of nitrogens with one attached hydrogen (secondary N) is 2. The Bertz CT molecular complexity index is 867. The molecule has 0 aromatic carbocycles. The van der Waals surface area contributed by atoms with Gasteiger partial charge in [0.25, 0.3) is 0 Å². The zero-order chi connectivity index (χ0) is 18.0. The number of nitrogens with zero attached hydrogens (tertiary/aromatic N) is 4. The van der Waals surface area contributed by atoms with Gasteiger partial charge in [-0.15, -0.1) is 16.4 Å². The van der Waals surface area contributed by atoms with Crippen LogP contribution in [-0.4, -0.2) is 36.1 Å². The molecule has 3 rings (SSSR count). The summed E-state index contributed by atoms with van der Waals surface area (Å²) < 4.78 is 1.76. The van der Waals surface area contributed by atoms with Crippen LogP contribution in [0.4, 0.5) is 5.69 Å². The molecule has 1 unspecified atom stereocenters. The number of amides is 1. The number of anilines is 1. The van der Waals surface area contributed by atoms with E-state index in [9.17, 15) is 4.79 Å². The van der Waals surface area contributed by atoms with E-state index in [-0.39, 0.29) is 11.2 Å². The minimum Gasteiger partial charge on any atom is -0.322 e. The summed E-state index contributed by atoms with van der Waals surface area (Å²) in [4.78, 5) is 18.1. The zero-order valence-electron chi connectivity index (χ0n) is 14.5. The van der Waals surface area contributed by atoms with E-state index in [1.54, 1.807) is 16.0 Å². The predicted octanol–water partition coefficient (Wildman–Crippen LogP) is 2.93. The van der Waals surface area contributed by atoms with Crippen LogP contribution in [0.1, 0.15) is 29.0 Å². The summed E-state index contributed by atoms with van der Waals surface area (Å²) in [7, 11) is 1.86. The van der Waals surface area contributed by atoms with Crippen molar-refractivity contribution in [1.29, 1.82) is 0 Å². The summed E-state index contributed by atoms with van der Waals surface area (Å²) in [5, 5.41) is 16.7. The summed E-state index contributed by atoms with van der Waals surface area (Å²) in [6.07, 6.45) is 0.722. The third kappa shape index (κ3) is 4.10. The topological polar surface area (TPSA) is 88.5 Å². The molecule has 0 aliphatic heterocycles. The van der Waals surface area contributed by atoms with Gasteiger partial charge in [0, 0.05) is 18.3 Å². The molecule has 1 atom stereocenters. The maximum Gasteiger partial charge on any atom is 0.237 e. The summed E-state index contributed by atoms with van der Waals surface area (Å²) in [6, 6.07) is 4.08. The number of H-pyrrole nitrogens is 1. The molecule has 3 aromatic rings. The van der Waals surface area contributed by atoms with Gasteiger partial charge in [0.05, 0.1) is 22.3 Å². The highest BCUT2D eigenvalue weighted by atomic mass is 32.2. The third-order valence-corrected chi connectivity index (χ3v) is 5.68. The summed E-state index contributed by atoms with van der Waals surface area (Å²) in [5.74, 6) is 0.713. The van der Waals surface area contributed by atoms with E-state index in [1.165, 1.54) is 16.6 Å². The number of thioether (sulfide) groups is 1. The Labute approximate surface area is 154 Å². The Balaban J connectivity index is 1.61. The average molecular weight is 377 g/mol. The highest BCUT2D eigenvalue weighted by Crippen LogP contribution is 2.24. The van der Waals surface area contributed by atoms with Crippen LogP contribution in [0.5, 0.6) is 0 Å². The molecule has 0 aliphatic rings. The minimum atomic E-state index is -0.315. The van der Waals surface area contributed by atoms with Crippen molar-refractivity contribution < 1.29 is 4.79 Å². The lowest BCUT2D eigenvalue weighted by molar-refractivity contribution is -0.115. The fourth-order valence-electron chi connectivity index (χ4n) is 2.38. The highest BCUT2D eigenvalue weighted by molar-refractivity contribution is 8.00. The van der Waals surface area contributed by atoms with E-state index in [0.717, 1.165) is 29.3 Å². The maximum atomic E-state index is 12.5. The molecule has 9 heteroatoms. The van der Waals surface area contributed by atoms with Gasteiger partial charge in [0.15, 0.2) is 0 Å². The molecular weight excluding hydrogens is 356 g/mol. The Hall–Kier alpha value is -2.13. The first-order valence-electron chi connectivity index (χ1n) is 7.85. The number of hydrogen-bond donors (Lipinski definition) is 2. The van der Waals surface area contributed by atoms with Crippen LogP contribution >= 0.6 is 23.1 Å². The normalized spacial score (nSPS) is 12.3. The molecule has 3 heterocycles. The molecular formula is C16H20N6OS2. The lowest BCUT2D eigenvalue weighted by Crippen LogP contribution is -2.23. The van der Waals surface area contributed by atoms with Crippen LogP contribution in [0.3, 0.4) is 0 Å². The van der Waals surface area contributed by atoms with E-state index in [2.05, 4.69) is 31.7 Å². The number of aryl methyl sites for hydroxylation is 2. The van der Waals surface area contributed by atoms with Crippen molar-refractivity contribution in [2.24, 2.45) is 7.05 Å². The van der Waals surface area contributed by atoms with Crippen LogP contribution < -0.4 is 5.32 Å². The Morgan fingerprint density at radius 1 is 1.48 bits per heavy atom. The van der Waals surface area contributed by atoms with Gasteiger partial charge in [-0.1, -0.05) is 17.8 Å². The monoisotopic (exact) mass is 376 g/mol. The van der Waals surface area contributed by atoms with Crippen molar-refractivity contribution in [3.05, 3.63) is 39.6 Å². The van der Waals surface area contributed by atoms with Crippen LogP contribution in [0.15, 0.2) is 22.7 Å². The molecule has 0 spiro atoms. The first-order chi connectivity index (χ1) is 11.9. The van der Waals surface area contributed by atoms with Crippen molar-refractivity contribution in [2.75, 3.05) is 5.32 Å². The van der Waals surface area contributed by atoms with Crippen molar-refractivity contribution >= 4 is 34.7 Å². The first kappa shape index (κ1) is 17.7. The number of carbonyl (C=O) groups excluding carboxylic acids is 1. The van der Waals surface area contributed by atoms with Crippen LogP contribution in [-0.2, 0) is 18.3 Å². The second kappa shape index (κ2) is 7.40. The summed E-state index contributed by atoms with van der Waals surface area (Å²) >= 11 is 3.02. The molecule has 0 bridgehead atoms. The standard InChI is InChI=1S/C16H20N6OS2/c1-9-14(10(2)22(4)21-9)18-15(23)11(3)25-16-17-13(19-20-16)8-12-6-5-7-24-12/h5-7,11H,8H2,1-4H3,(H,18,23)(H,17,19,20). The molecule has 0 saturated carbocycles. The SMILES string of the molecule is Cc1nn(C)c(C)c1NC(=O)C(C)Sc1n[nH]c(Cc2cccs2)n1. The molecule has 2 N–H and O–H groups in total. The smallest absolute Gasteiger partial charge is 0.237 e. The van der Waals surface area contributed by atoms with Gasteiger partial charge in [-0.3, -0.25) is 14.6 Å². The number of carbonyl (C=O) groups is 1. The molecule has 0 aliphatic carbocycles. The zero-order valence-corrected chi connectivity index (χ0v) is 16.2. The van der Waals surface area contributed by atoms with Crippen LogP contribution in [0.2, 0.25) is 0 Å². The highest BCUT2D eigenvalue weighted by Gasteiger charge is 2.20. The number of hydrogen-bond acceptors (Lipinski definition) is 6. The summed E-state index contributed by atoms with van der Waals surface area (Å²) in [5.41, 5.74) is 2.51. The van der Waals surface area contributed by atoms with Gasteiger partial charge < -0.3 is 5.32 Å². The number of aromatic nitrogens is 5. The summed E-state index contributed by atoms with van der Waals surface area (Å²) in [6.45, 7) is 5.66. The molecule has 25 heavy (non-hydrogen) atoms. The Morgan fingerprint density at radius 3 is 2.92 bits per heavy atom. The molecule has 0 saturated heterocycles. The number of aromatic amines is 1. The Kier molecular flexibility index (Phi) is 5.24. The van der Waals surface area contributed by atoms with E-state index in [1.807, 2.05) is 39.3 Å². The van der Waals surface area contributed by atoms with E-state index in [0.29, 0.717) is 5.16 Å². The van der Waals surface area contributed by atoms with E-state index in [4.69, 9.17) is 0 Å². The molecule has 0 fully saturated rings. The van der Waals surface area contributed by atoms with Crippen molar-refractivity contribution in [3.8, 4) is 0 Å². The second-order valence-electron chi connectivity index (χ2n) is 5.74. The fraction of sp³-hybridized carbons (Fsp3) is 0.375. The van der Waals surface area contributed by atoms with Gasteiger partial charge in [-0.25, -0.2) is 4.98 Å². The number of thiophene rings is 1. The van der Waals surface area contributed by atoms with E-state index >= 15 is 0 Å². The van der Waals surface area contributed by atoms with Crippen molar-refractivity contribution in [2.45, 2.75) is 37.6 Å². The minimum absolute atomic E-state index is 0.0891. The molecule has 3 aromatic heterocycles. The third-order valence-electron chi connectivity index (χ3n) is 3.84. The molecule has 1 amide bonds. The Morgan fingerprint density at radius 2 is 2.28 bits per heavy atom. The van der Waals surface area contributed by atoms with Gasteiger partial charge in [0.2, 0.25) is 11.1 Å². The second-order valence-corrected chi connectivity index (χ2v) is 8.08. The van der Waals surface area contributed by atoms with Crippen molar-refractivity contribution in [3.63, 3.8) is 0 Å².